The summed E-state index contributed by atoms with van der Waals surface area (Å²) >= 11 is 1.87. The van der Waals surface area contributed by atoms with E-state index in [0.717, 1.165) is 18.9 Å². The summed E-state index contributed by atoms with van der Waals surface area (Å²) in [6, 6.07) is 0. The van der Waals surface area contributed by atoms with E-state index >= 15 is 0 Å². The van der Waals surface area contributed by atoms with Crippen LogP contribution in [-0.2, 0) is 6.54 Å². The van der Waals surface area contributed by atoms with Gasteiger partial charge in [0.05, 0.1) is 6.54 Å². The van der Waals surface area contributed by atoms with Gasteiger partial charge in [-0.05, 0) is 31.8 Å². The average Bonchev–Trinajstić information content (AvgIpc) is 2.78. The molecule has 6 nitrogen and oxygen atoms in total. The highest BCUT2D eigenvalue weighted by molar-refractivity contribution is 7.98. The van der Waals surface area contributed by atoms with Gasteiger partial charge in [-0.1, -0.05) is 5.16 Å². The molecule has 0 spiro atoms. The number of thioether (sulfide) groups is 1. The van der Waals surface area contributed by atoms with Gasteiger partial charge in [-0.15, -0.1) is 0 Å². The van der Waals surface area contributed by atoms with Gasteiger partial charge in [-0.3, -0.25) is 4.99 Å². The molecular weight excluding hydrogens is 250 g/mol. The average molecular weight is 271 g/mol. The third-order valence-electron chi connectivity index (χ3n) is 2.27. The molecule has 2 N–H and O–H groups in total. The molecule has 0 amide bonds. The highest BCUT2D eigenvalue weighted by Crippen LogP contribution is 1.98. The molecule has 7 heteroatoms. The molecule has 0 atom stereocenters. The van der Waals surface area contributed by atoms with Gasteiger partial charge in [-0.25, -0.2) is 0 Å². The number of guanidine groups is 1. The van der Waals surface area contributed by atoms with E-state index in [4.69, 9.17) is 4.52 Å². The van der Waals surface area contributed by atoms with Gasteiger partial charge in [0.15, 0.2) is 11.8 Å². The van der Waals surface area contributed by atoms with Crippen LogP contribution in [0.25, 0.3) is 0 Å². The quantitative estimate of drug-likeness (QED) is 0.441. The van der Waals surface area contributed by atoms with Crippen molar-refractivity contribution in [2.45, 2.75) is 26.3 Å². The second-order valence-electron chi connectivity index (χ2n) is 3.79. The lowest BCUT2D eigenvalue weighted by Crippen LogP contribution is -2.37. The third kappa shape index (κ3) is 5.90. The van der Waals surface area contributed by atoms with Crippen LogP contribution < -0.4 is 10.6 Å². The topological polar surface area (TPSA) is 75.3 Å². The Morgan fingerprint density at radius 3 is 2.83 bits per heavy atom. The van der Waals surface area contributed by atoms with Crippen molar-refractivity contribution in [3.05, 3.63) is 11.7 Å². The lowest BCUT2D eigenvalue weighted by Gasteiger charge is -2.09. The monoisotopic (exact) mass is 271 g/mol. The molecule has 0 aliphatic heterocycles. The summed E-state index contributed by atoms with van der Waals surface area (Å²) in [7, 11) is 1.75. The van der Waals surface area contributed by atoms with Crippen molar-refractivity contribution in [3.63, 3.8) is 0 Å². The van der Waals surface area contributed by atoms with E-state index in [9.17, 15) is 0 Å². The Morgan fingerprint density at radius 2 is 2.22 bits per heavy atom. The van der Waals surface area contributed by atoms with Gasteiger partial charge in [0.1, 0.15) is 0 Å². The lowest BCUT2D eigenvalue weighted by molar-refractivity contribution is 0.371. The maximum Gasteiger partial charge on any atom is 0.246 e. The van der Waals surface area contributed by atoms with Gasteiger partial charge in [0.2, 0.25) is 5.89 Å². The Kier molecular flexibility index (Phi) is 7.24. The number of aryl methyl sites for hydroxylation is 1. The minimum absolute atomic E-state index is 0.491. The number of hydrogen-bond acceptors (Lipinski definition) is 5. The van der Waals surface area contributed by atoms with Crippen LogP contribution in [0.2, 0.25) is 0 Å². The molecule has 1 aromatic rings. The number of nitrogens with zero attached hydrogens (tertiary/aromatic N) is 3. The first-order chi connectivity index (χ1) is 8.76. The first-order valence-corrected chi connectivity index (χ1v) is 7.38. The second kappa shape index (κ2) is 8.79. The summed E-state index contributed by atoms with van der Waals surface area (Å²) in [5, 5.41) is 10.1. The van der Waals surface area contributed by atoms with Gasteiger partial charge < -0.3 is 15.2 Å². The summed E-state index contributed by atoms with van der Waals surface area (Å²) in [6.45, 7) is 3.21. The Morgan fingerprint density at radius 1 is 1.39 bits per heavy atom. The molecular formula is C11H21N5OS. The zero-order valence-electron chi connectivity index (χ0n) is 11.2. The van der Waals surface area contributed by atoms with Crippen LogP contribution >= 0.6 is 11.8 Å². The molecule has 0 saturated carbocycles. The van der Waals surface area contributed by atoms with Crippen molar-refractivity contribution >= 4 is 17.7 Å². The minimum Gasteiger partial charge on any atom is -0.356 e. The first-order valence-electron chi connectivity index (χ1n) is 5.99. The van der Waals surface area contributed by atoms with Crippen LogP contribution in [0.5, 0.6) is 0 Å². The highest BCUT2D eigenvalue weighted by Gasteiger charge is 2.03. The predicted octanol–water partition coefficient (Wildman–Crippen LogP) is 1.19. The SMILES string of the molecule is CN=C(NCCCCSC)NCc1nc(C)no1. The molecule has 0 saturated heterocycles. The zero-order chi connectivity index (χ0) is 13.2. The lowest BCUT2D eigenvalue weighted by atomic mass is 10.3. The number of nitrogens with one attached hydrogen (secondary N) is 2. The van der Waals surface area contributed by atoms with Crippen LogP contribution in [0.3, 0.4) is 0 Å². The molecule has 0 bridgehead atoms. The molecule has 0 aliphatic carbocycles. The van der Waals surface area contributed by atoms with Gasteiger partial charge >= 0.3 is 0 Å². The normalized spacial score (nSPS) is 11.6. The largest absolute Gasteiger partial charge is 0.356 e. The predicted molar refractivity (Wildman–Crippen MR) is 74.9 cm³/mol. The van der Waals surface area contributed by atoms with Crippen molar-refractivity contribution in [2.24, 2.45) is 4.99 Å². The zero-order valence-corrected chi connectivity index (χ0v) is 12.0. The molecule has 0 unspecified atom stereocenters. The summed E-state index contributed by atoms with van der Waals surface area (Å²) in [6.07, 6.45) is 4.48. The third-order valence-corrected chi connectivity index (χ3v) is 2.96. The number of hydrogen-bond donors (Lipinski definition) is 2. The van der Waals surface area contributed by atoms with E-state index in [2.05, 4.69) is 32.0 Å². The molecule has 102 valence electrons. The van der Waals surface area contributed by atoms with Crippen LogP contribution in [0, 0.1) is 6.92 Å². The van der Waals surface area contributed by atoms with Crippen LogP contribution in [0.15, 0.2) is 9.52 Å². The van der Waals surface area contributed by atoms with E-state index < -0.39 is 0 Å². The summed E-state index contributed by atoms with van der Waals surface area (Å²) in [4.78, 5) is 8.24. The number of rotatable bonds is 7. The fourth-order valence-corrected chi connectivity index (χ4v) is 1.86. The van der Waals surface area contributed by atoms with Gasteiger partial charge in [0.25, 0.3) is 0 Å². The fourth-order valence-electron chi connectivity index (χ4n) is 1.37. The molecule has 0 aromatic carbocycles. The maximum absolute atomic E-state index is 5.01. The minimum atomic E-state index is 0.491. The number of aromatic nitrogens is 2. The van der Waals surface area contributed by atoms with Crippen molar-refractivity contribution in [1.29, 1.82) is 0 Å². The van der Waals surface area contributed by atoms with Crippen LogP contribution in [-0.4, -0.2) is 41.7 Å². The van der Waals surface area contributed by atoms with E-state index in [1.165, 1.54) is 12.2 Å². The summed E-state index contributed by atoms with van der Waals surface area (Å²) < 4.78 is 5.01. The summed E-state index contributed by atoms with van der Waals surface area (Å²) in [5.41, 5.74) is 0. The molecule has 0 radical (unpaired) electrons. The molecule has 1 heterocycles. The van der Waals surface area contributed by atoms with E-state index in [1.807, 2.05) is 11.8 Å². The molecule has 18 heavy (non-hydrogen) atoms. The van der Waals surface area contributed by atoms with E-state index in [1.54, 1.807) is 14.0 Å². The van der Waals surface area contributed by atoms with E-state index in [-0.39, 0.29) is 0 Å². The van der Waals surface area contributed by atoms with E-state index in [0.29, 0.717) is 18.3 Å². The van der Waals surface area contributed by atoms with Crippen LogP contribution in [0.4, 0.5) is 0 Å². The summed E-state index contributed by atoms with van der Waals surface area (Å²) in [5.74, 6) is 3.18. The smallest absolute Gasteiger partial charge is 0.246 e. The molecule has 0 fully saturated rings. The number of unbranched alkanes of at least 4 members (excludes halogenated alkanes) is 1. The Labute approximate surface area is 112 Å². The molecule has 1 rings (SSSR count). The van der Waals surface area contributed by atoms with Crippen molar-refractivity contribution < 1.29 is 4.52 Å². The Hall–Kier alpha value is -1.24. The highest BCUT2D eigenvalue weighted by atomic mass is 32.2. The van der Waals surface area contributed by atoms with Crippen LogP contribution in [0.1, 0.15) is 24.6 Å². The Bertz CT molecular complexity index is 366. The fraction of sp³-hybridized carbons (Fsp3) is 0.727. The van der Waals surface area contributed by atoms with Crippen molar-refractivity contribution in [3.8, 4) is 0 Å². The number of aliphatic imine (C=N–C) groups is 1. The molecule has 1 aromatic heterocycles. The maximum atomic E-state index is 5.01. The van der Waals surface area contributed by atoms with Gasteiger partial charge in [0, 0.05) is 13.6 Å². The molecule has 0 aliphatic rings. The van der Waals surface area contributed by atoms with Gasteiger partial charge in [-0.2, -0.15) is 16.7 Å². The Balaban J connectivity index is 2.18. The van der Waals surface area contributed by atoms with Crippen molar-refractivity contribution in [2.75, 3.05) is 25.6 Å². The second-order valence-corrected chi connectivity index (χ2v) is 4.77. The first kappa shape index (κ1) is 14.8. The standard InChI is InChI=1S/C11H21N5OS/c1-9-15-10(17-16-9)8-14-11(12-2)13-6-4-5-7-18-3/h4-8H2,1-3H3,(H2,12,13,14). The van der Waals surface area contributed by atoms with Crippen molar-refractivity contribution in [1.82, 2.24) is 20.8 Å².